The molecule has 25 heavy (non-hydrogen) atoms. The molecular weight excluding hydrogens is 357 g/mol. The van der Waals surface area contributed by atoms with Gasteiger partial charge in [-0.05, 0) is 24.3 Å². The molecule has 3 rings (SSSR count). The van der Waals surface area contributed by atoms with Crippen LogP contribution >= 0.6 is 11.3 Å². The third-order valence-corrected chi connectivity index (χ3v) is 4.42. The third-order valence-electron chi connectivity index (χ3n) is 3.62. The molecule has 132 valence electrons. The second-order valence-corrected chi connectivity index (χ2v) is 6.16. The van der Waals surface area contributed by atoms with Crippen LogP contribution in [0.4, 0.5) is 28.8 Å². The summed E-state index contributed by atoms with van der Waals surface area (Å²) in [5.74, 6) is -0.260. The van der Waals surface area contributed by atoms with Crippen molar-refractivity contribution in [3.05, 3.63) is 41.4 Å². The van der Waals surface area contributed by atoms with Crippen LogP contribution < -0.4 is 10.2 Å². The topological polar surface area (TPSA) is 65.5 Å². The largest absolute Gasteiger partial charge is 0.416 e. The van der Waals surface area contributed by atoms with Gasteiger partial charge in [0.15, 0.2) is 5.13 Å². The molecule has 0 atom stereocenters. The lowest BCUT2D eigenvalue weighted by atomic mass is 10.2. The van der Waals surface area contributed by atoms with Crippen molar-refractivity contribution in [2.75, 3.05) is 29.9 Å². The molecule has 6 nitrogen and oxygen atoms in total. The fourth-order valence-electron chi connectivity index (χ4n) is 2.34. The van der Waals surface area contributed by atoms with Crippen LogP contribution in [0, 0.1) is 0 Å². The summed E-state index contributed by atoms with van der Waals surface area (Å²) in [6, 6.07) is 3.59. The fourth-order valence-corrected chi connectivity index (χ4v) is 3.03. The molecule has 0 saturated carbocycles. The number of amides is 3. The molecule has 1 fully saturated rings. The number of alkyl halides is 3. The second-order valence-electron chi connectivity index (χ2n) is 5.29. The van der Waals surface area contributed by atoms with Crippen LogP contribution in [0.15, 0.2) is 35.8 Å². The molecule has 1 aliphatic rings. The number of anilines is 2. The minimum Gasteiger partial charge on any atom is -0.313 e. The standard InChI is InChI=1S/C15H13F3N4O2S/c16-15(17,18)10-1-3-11(4-2-10)20-13(24)21-6-7-22(12(23)9-21)14-19-5-8-25-14/h1-5,8H,6-7,9H2,(H,20,24). The molecule has 2 heterocycles. The maximum absolute atomic E-state index is 12.5. The number of nitrogens with one attached hydrogen (secondary N) is 1. The summed E-state index contributed by atoms with van der Waals surface area (Å²) < 4.78 is 37.6. The van der Waals surface area contributed by atoms with Gasteiger partial charge in [0, 0.05) is 30.4 Å². The third kappa shape index (κ3) is 3.90. The molecule has 0 aliphatic carbocycles. The van der Waals surface area contributed by atoms with Crippen molar-refractivity contribution in [2.24, 2.45) is 0 Å². The van der Waals surface area contributed by atoms with E-state index in [-0.39, 0.29) is 18.1 Å². The van der Waals surface area contributed by atoms with Crippen LogP contribution in [0.1, 0.15) is 5.56 Å². The summed E-state index contributed by atoms with van der Waals surface area (Å²) in [7, 11) is 0. The number of carbonyl (C=O) groups excluding carboxylic acids is 2. The number of thiazole rings is 1. The Bertz CT molecular complexity index is 762. The van der Waals surface area contributed by atoms with Gasteiger partial charge in [-0.15, -0.1) is 11.3 Å². The molecule has 0 unspecified atom stereocenters. The maximum atomic E-state index is 12.5. The highest BCUT2D eigenvalue weighted by atomic mass is 32.1. The Morgan fingerprint density at radius 3 is 2.48 bits per heavy atom. The van der Waals surface area contributed by atoms with E-state index in [0.29, 0.717) is 18.2 Å². The zero-order valence-electron chi connectivity index (χ0n) is 12.8. The quantitative estimate of drug-likeness (QED) is 0.884. The average molecular weight is 370 g/mol. The van der Waals surface area contributed by atoms with Gasteiger partial charge < -0.3 is 10.2 Å². The lowest BCUT2D eigenvalue weighted by Gasteiger charge is -2.32. The maximum Gasteiger partial charge on any atom is 0.416 e. The van der Waals surface area contributed by atoms with Gasteiger partial charge in [0.25, 0.3) is 0 Å². The molecule has 0 bridgehead atoms. The number of urea groups is 1. The van der Waals surface area contributed by atoms with E-state index < -0.39 is 17.8 Å². The molecule has 1 saturated heterocycles. The number of aromatic nitrogens is 1. The Morgan fingerprint density at radius 2 is 1.92 bits per heavy atom. The smallest absolute Gasteiger partial charge is 0.313 e. The molecule has 2 aromatic rings. The molecule has 0 radical (unpaired) electrons. The molecule has 0 spiro atoms. The van der Waals surface area contributed by atoms with Crippen molar-refractivity contribution < 1.29 is 22.8 Å². The number of hydrogen-bond acceptors (Lipinski definition) is 4. The zero-order valence-corrected chi connectivity index (χ0v) is 13.6. The van der Waals surface area contributed by atoms with Crippen LogP contribution in [-0.2, 0) is 11.0 Å². The number of nitrogens with zero attached hydrogens (tertiary/aromatic N) is 3. The molecule has 1 aromatic heterocycles. The van der Waals surface area contributed by atoms with E-state index >= 15 is 0 Å². The van der Waals surface area contributed by atoms with Crippen LogP contribution in [0.2, 0.25) is 0 Å². The van der Waals surface area contributed by atoms with Gasteiger partial charge in [-0.25, -0.2) is 9.78 Å². The number of halogens is 3. The van der Waals surface area contributed by atoms with Gasteiger partial charge in [-0.1, -0.05) is 0 Å². The highest BCUT2D eigenvalue weighted by Gasteiger charge is 2.31. The van der Waals surface area contributed by atoms with E-state index in [1.807, 2.05) is 0 Å². The van der Waals surface area contributed by atoms with Crippen molar-refractivity contribution >= 4 is 34.1 Å². The Kier molecular flexibility index (Phi) is 4.62. The van der Waals surface area contributed by atoms with Crippen molar-refractivity contribution in [1.82, 2.24) is 9.88 Å². The van der Waals surface area contributed by atoms with Gasteiger partial charge in [0.2, 0.25) is 5.91 Å². The van der Waals surface area contributed by atoms with E-state index in [2.05, 4.69) is 10.3 Å². The van der Waals surface area contributed by atoms with Crippen molar-refractivity contribution in [3.63, 3.8) is 0 Å². The Morgan fingerprint density at radius 1 is 1.20 bits per heavy atom. The molecule has 3 amide bonds. The normalized spacial score (nSPS) is 15.4. The number of carbonyl (C=O) groups is 2. The second kappa shape index (κ2) is 6.71. The van der Waals surface area contributed by atoms with Gasteiger partial charge in [-0.2, -0.15) is 13.2 Å². The van der Waals surface area contributed by atoms with Gasteiger partial charge >= 0.3 is 12.2 Å². The highest BCUT2D eigenvalue weighted by Crippen LogP contribution is 2.30. The Labute approximate surface area is 144 Å². The van der Waals surface area contributed by atoms with Crippen LogP contribution in [0.5, 0.6) is 0 Å². The first-order chi connectivity index (χ1) is 11.8. The Hall–Kier alpha value is -2.62. The summed E-state index contributed by atoms with van der Waals surface area (Å²) in [5.41, 5.74) is -0.564. The zero-order chi connectivity index (χ0) is 18.0. The van der Waals surface area contributed by atoms with E-state index in [1.54, 1.807) is 11.6 Å². The number of rotatable bonds is 2. The first-order valence-electron chi connectivity index (χ1n) is 7.27. The number of piperazine rings is 1. The molecule has 10 heteroatoms. The first-order valence-corrected chi connectivity index (χ1v) is 8.15. The van der Waals surface area contributed by atoms with E-state index in [9.17, 15) is 22.8 Å². The van der Waals surface area contributed by atoms with Gasteiger partial charge in [0.1, 0.15) is 6.54 Å². The van der Waals surface area contributed by atoms with Crippen LogP contribution in [0.3, 0.4) is 0 Å². The minimum atomic E-state index is -4.43. The predicted molar refractivity (Wildman–Crippen MR) is 86.5 cm³/mol. The van der Waals surface area contributed by atoms with E-state index in [4.69, 9.17) is 0 Å². The summed E-state index contributed by atoms with van der Waals surface area (Å²) in [6.45, 7) is 0.497. The summed E-state index contributed by atoms with van der Waals surface area (Å²) in [4.78, 5) is 31.2. The molecule has 1 N–H and O–H groups in total. The average Bonchev–Trinajstić information content (AvgIpc) is 3.08. The van der Waals surface area contributed by atoms with Crippen LogP contribution in [0.25, 0.3) is 0 Å². The summed E-state index contributed by atoms with van der Waals surface area (Å²) >= 11 is 1.33. The highest BCUT2D eigenvalue weighted by molar-refractivity contribution is 7.13. The van der Waals surface area contributed by atoms with E-state index in [1.165, 1.54) is 33.3 Å². The Balaban J connectivity index is 1.60. The summed E-state index contributed by atoms with van der Waals surface area (Å²) in [5, 5.41) is 4.83. The first kappa shape index (κ1) is 17.2. The van der Waals surface area contributed by atoms with Gasteiger partial charge in [-0.3, -0.25) is 9.69 Å². The summed E-state index contributed by atoms with van der Waals surface area (Å²) in [6.07, 6.45) is -2.84. The molecule has 1 aromatic carbocycles. The number of hydrogen-bond donors (Lipinski definition) is 1. The SMILES string of the molecule is O=C(Nc1ccc(C(F)(F)F)cc1)N1CCN(c2nccs2)C(=O)C1. The van der Waals surface area contributed by atoms with Crippen molar-refractivity contribution in [1.29, 1.82) is 0 Å². The predicted octanol–water partition coefficient (Wildman–Crippen LogP) is 3.04. The molecular formula is C15H13F3N4O2S. The lowest BCUT2D eigenvalue weighted by Crippen LogP contribution is -2.53. The number of benzene rings is 1. The minimum absolute atomic E-state index is 0.119. The fraction of sp³-hybridized carbons (Fsp3) is 0.267. The van der Waals surface area contributed by atoms with Gasteiger partial charge in [0.05, 0.1) is 5.56 Å². The molecule has 1 aliphatic heterocycles. The van der Waals surface area contributed by atoms with E-state index in [0.717, 1.165) is 12.1 Å². The van der Waals surface area contributed by atoms with Crippen molar-refractivity contribution in [3.8, 4) is 0 Å². The van der Waals surface area contributed by atoms with Crippen molar-refractivity contribution in [2.45, 2.75) is 6.18 Å². The van der Waals surface area contributed by atoms with Crippen LogP contribution in [-0.4, -0.2) is 41.5 Å². The lowest BCUT2D eigenvalue weighted by molar-refractivity contribution is -0.137. The monoisotopic (exact) mass is 370 g/mol.